The molecule has 4 amide bonds. The highest BCUT2D eigenvalue weighted by atomic mass is 16.6. The Morgan fingerprint density at radius 2 is 1.36 bits per heavy atom. The van der Waals surface area contributed by atoms with Crippen molar-refractivity contribution in [1.82, 2.24) is 40.4 Å². The number of nitrogens with zero attached hydrogens (tertiary/aromatic N) is 4. The number of H-pyrrole nitrogens is 2. The average molecular weight is 933 g/mol. The van der Waals surface area contributed by atoms with E-state index in [1.165, 1.54) is 7.11 Å². The van der Waals surface area contributed by atoms with Crippen molar-refractivity contribution in [2.45, 2.75) is 90.2 Å². The molecule has 0 bridgehead atoms. The number of hydrogen-bond acceptors (Lipinski definition) is 9. The van der Waals surface area contributed by atoms with E-state index >= 15 is 0 Å². The summed E-state index contributed by atoms with van der Waals surface area (Å²) in [6.45, 7) is 12.3. The molecule has 3 unspecified atom stereocenters. The second-order valence-electron chi connectivity index (χ2n) is 20.5. The van der Waals surface area contributed by atoms with E-state index < -0.39 is 29.9 Å². The molecule has 69 heavy (non-hydrogen) atoms. The predicted octanol–water partition coefficient (Wildman–Crippen LogP) is 9.50. The quantitative estimate of drug-likeness (QED) is 0.0981. The van der Waals surface area contributed by atoms with E-state index in [1.54, 1.807) is 27.9 Å². The van der Waals surface area contributed by atoms with Crippen LogP contribution in [0.2, 0.25) is 0 Å². The van der Waals surface area contributed by atoms with Crippen LogP contribution in [0.15, 0.2) is 91.0 Å². The van der Waals surface area contributed by atoms with Gasteiger partial charge in [-0.3, -0.25) is 9.59 Å². The number of piperidine rings is 1. The van der Waals surface area contributed by atoms with Crippen molar-refractivity contribution in [3.63, 3.8) is 0 Å². The van der Waals surface area contributed by atoms with Gasteiger partial charge in [0.05, 0.1) is 47.9 Å². The fourth-order valence-electron chi connectivity index (χ4n) is 10.9. The number of likely N-dealkylation sites (tertiary alicyclic amines) is 2. The first-order chi connectivity index (χ1) is 33.1. The van der Waals surface area contributed by atoms with Gasteiger partial charge in [0, 0.05) is 36.4 Å². The lowest BCUT2D eigenvalue weighted by atomic mass is 9.98. The molecule has 15 heteroatoms. The van der Waals surface area contributed by atoms with Gasteiger partial charge in [-0.15, -0.1) is 0 Å². The molecular formula is C54H60N8O7. The van der Waals surface area contributed by atoms with Crippen molar-refractivity contribution >= 4 is 67.6 Å². The molecule has 10 rings (SSSR count). The lowest BCUT2D eigenvalue weighted by Crippen LogP contribution is -2.52. The third kappa shape index (κ3) is 8.61. The molecule has 1 saturated carbocycles. The number of rotatable bonds is 11. The van der Waals surface area contributed by atoms with Crippen LogP contribution in [0.1, 0.15) is 89.7 Å². The van der Waals surface area contributed by atoms with Gasteiger partial charge in [-0.05, 0) is 103 Å². The largest absolute Gasteiger partial charge is 0.453 e. The predicted molar refractivity (Wildman–Crippen MR) is 264 cm³/mol. The molecule has 0 radical (unpaired) electrons. The standard InChI is InChI=1S/C54H60N8O7/c1-28(2)43(59-52(65)68-8)51(64)62-42(25-38-29(3)47(38)62)49-56-40-21-17-35-24-33(15-19-37(35)46(40)58-49)32-14-18-36-34(23-32)16-20-39-45(36)57-48(55-39)41-22-30(27-67-7)26-61(41)50(63)44(31-12-10-9-11-13-31)60-53(66)69-54(4,5)6/h9-21,23-24,28-30,38,41-44,47H,22,25-27H2,1-8H3,(H,55,57)(H,56,58)(H,59,65)(H,60,66)/t29-,30+,38?,41+,42+,43?,44-,47?/m1/s1. The Bertz CT molecular complexity index is 3120. The van der Waals surface area contributed by atoms with Gasteiger partial charge < -0.3 is 44.6 Å². The minimum atomic E-state index is -0.970. The Labute approximate surface area is 400 Å². The van der Waals surface area contributed by atoms with E-state index in [-0.39, 0.29) is 41.8 Å². The maximum atomic E-state index is 14.7. The van der Waals surface area contributed by atoms with Crippen molar-refractivity contribution in [2.24, 2.45) is 23.7 Å². The Balaban J connectivity index is 0.923. The topological polar surface area (TPSA) is 184 Å². The van der Waals surface area contributed by atoms with Crippen LogP contribution in [0.4, 0.5) is 9.59 Å². The normalized spacial score (nSPS) is 22.0. The molecule has 2 aliphatic heterocycles. The van der Waals surface area contributed by atoms with Gasteiger partial charge in [-0.2, -0.15) is 0 Å². The monoisotopic (exact) mass is 932 g/mol. The van der Waals surface area contributed by atoms with E-state index in [4.69, 9.17) is 24.2 Å². The smallest absolute Gasteiger partial charge is 0.408 e. The van der Waals surface area contributed by atoms with Gasteiger partial charge >= 0.3 is 12.2 Å². The Morgan fingerprint density at radius 3 is 1.93 bits per heavy atom. The first-order valence-electron chi connectivity index (χ1n) is 24.0. The van der Waals surface area contributed by atoms with Gasteiger partial charge in [-0.1, -0.05) is 87.5 Å². The second kappa shape index (κ2) is 17.8. The summed E-state index contributed by atoms with van der Waals surface area (Å²) in [5.74, 6) is 1.79. The number of benzene rings is 5. The van der Waals surface area contributed by atoms with Crippen LogP contribution in [0.3, 0.4) is 0 Å². The highest BCUT2D eigenvalue weighted by Crippen LogP contribution is 2.57. The van der Waals surface area contributed by atoms with Gasteiger partial charge in [0.25, 0.3) is 5.91 Å². The van der Waals surface area contributed by atoms with Crippen LogP contribution in [0.25, 0.3) is 54.7 Å². The Morgan fingerprint density at radius 1 is 0.754 bits per heavy atom. The Hall–Kier alpha value is -7.00. The number of aromatic amines is 2. The number of hydrogen-bond donors (Lipinski definition) is 4. The number of nitrogens with one attached hydrogen (secondary N) is 4. The van der Waals surface area contributed by atoms with Crippen LogP contribution in [-0.2, 0) is 23.8 Å². The zero-order chi connectivity index (χ0) is 48.5. The summed E-state index contributed by atoms with van der Waals surface area (Å²) in [5, 5.41) is 9.70. The van der Waals surface area contributed by atoms with E-state index in [9.17, 15) is 19.2 Å². The minimum absolute atomic E-state index is 0.0612. The van der Waals surface area contributed by atoms with E-state index in [2.05, 4.69) is 82.1 Å². The number of carbonyl (C=O) groups is 4. The third-order valence-corrected chi connectivity index (χ3v) is 14.4. The molecule has 1 aliphatic carbocycles. The van der Waals surface area contributed by atoms with Crippen molar-refractivity contribution in [3.8, 4) is 11.1 Å². The fourth-order valence-corrected chi connectivity index (χ4v) is 10.9. The SMILES string of the molecule is COC[C@H]1C[C@@H](c2nc3c(ccc4cc(-c5ccc6c(ccc7[nH]c([C@@H]8CC9C([C@@H]9C)N8C(=O)C(NC(=O)OC)C(C)C)nc76)c5)ccc43)[nH]2)N(C(=O)[C@H](NC(=O)OC(C)(C)C)c2ccccc2)C1. The van der Waals surface area contributed by atoms with Gasteiger partial charge in [-0.25, -0.2) is 19.6 Å². The summed E-state index contributed by atoms with van der Waals surface area (Å²) in [6, 6.07) is 28.2. The molecule has 8 atom stereocenters. The number of imidazole rings is 2. The van der Waals surface area contributed by atoms with Crippen LogP contribution in [0.5, 0.6) is 0 Å². The van der Waals surface area contributed by atoms with Gasteiger partial charge in [0.2, 0.25) is 5.91 Å². The molecule has 7 aromatic rings. The van der Waals surface area contributed by atoms with Crippen molar-refractivity contribution in [1.29, 1.82) is 0 Å². The number of fused-ring (bicyclic) bond motifs is 7. The first kappa shape index (κ1) is 45.8. The van der Waals surface area contributed by atoms with Crippen molar-refractivity contribution < 1.29 is 33.4 Å². The molecule has 5 aromatic carbocycles. The zero-order valence-corrected chi connectivity index (χ0v) is 40.3. The third-order valence-electron chi connectivity index (χ3n) is 14.4. The maximum absolute atomic E-state index is 14.7. The lowest BCUT2D eigenvalue weighted by Gasteiger charge is -2.32. The number of carbonyl (C=O) groups excluding carboxylic acids is 4. The second-order valence-corrected chi connectivity index (χ2v) is 20.5. The number of ether oxygens (including phenoxy) is 3. The molecule has 4 heterocycles. The summed E-state index contributed by atoms with van der Waals surface area (Å²) in [4.78, 5) is 75.5. The fraction of sp³-hybridized carbons (Fsp3) is 0.407. The highest BCUT2D eigenvalue weighted by Gasteiger charge is 2.61. The van der Waals surface area contributed by atoms with E-state index in [0.29, 0.717) is 42.8 Å². The van der Waals surface area contributed by atoms with Crippen LogP contribution >= 0.6 is 0 Å². The molecule has 15 nitrogen and oxygen atoms in total. The highest BCUT2D eigenvalue weighted by molar-refractivity contribution is 6.07. The summed E-state index contributed by atoms with van der Waals surface area (Å²) < 4.78 is 16.0. The molecular weight excluding hydrogens is 873 g/mol. The van der Waals surface area contributed by atoms with E-state index in [1.807, 2.05) is 60.0 Å². The van der Waals surface area contributed by atoms with Gasteiger partial charge in [0.15, 0.2) is 0 Å². The van der Waals surface area contributed by atoms with Gasteiger partial charge in [0.1, 0.15) is 29.3 Å². The number of aromatic nitrogens is 4. The van der Waals surface area contributed by atoms with Crippen molar-refractivity contribution in [2.75, 3.05) is 27.4 Å². The average Bonchev–Trinajstić information content (AvgIpc) is 3.93. The van der Waals surface area contributed by atoms with E-state index in [0.717, 1.165) is 67.0 Å². The zero-order valence-electron chi connectivity index (χ0n) is 40.3. The Kier molecular flexibility index (Phi) is 11.8. The van der Waals surface area contributed by atoms with Crippen LogP contribution < -0.4 is 10.6 Å². The number of alkyl carbamates (subject to hydrolysis) is 2. The molecule has 3 fully saturated rings. The molecule has 4 N–H and O–H groups in total. The molecule has 2 aromatic heterocycles. The molecule has 3 aliphatic rings. The first-order valence-corrected chi connectivity index (χ1v) is 24.0. The molecule has 2 saturated heterocycles. The number of methoxy groups -OCH3 is 2. The summed E-state index contributed by atoms with van der Waals surface area (Å²) >= 11 is 0. The summed E-state index contributed by atoms with van der Waals surface area (Å²) in [7, 11) is 2.97. The number of amides is 4. The lowest BCUT2D eigenvalue weighted by molar-refractivity contribution is -0.137. The van der Waals surface area contributed by atoms with Crippen LogP contribution in [-0.4, -0.2) is 98.8 Å². The summed E-state index contributed by atoms with van der Waals surface area (Å²) in [6.07, 6.45) is 0.161. The molecule has 0 spiro atoms. The maximum Gasteiger partial charge on any atom is 0.408 e. The van der Waals surface area contributed by atoms with Crippen LogP contribution in [0, 0.1) is 23.7 Å². The van der Waals surface area contributed by atoms with Crippen molar-refractivity contribution in [3.05, 3.63) is 108 Å². The molecule has 358 valence electrons. The minimum Gasteiger partial charge on any atom is -0.453 e. The summed E-state index contributed by atoms with van der Waals surface area (Å²) in [5.41, 5.74) is 5.45.